The lowest BCUT2D eigenvalue weighted by atomic mass is 10.2. The summed E-state index contributed by atoms with van der Waals surface area (Å²) in [5.41, 5.74) is 2.32. The molecule has 0 aliphatic heterocycles. The molecule has 0 aliphatic carbocycles. The van der Waals surface area contributed by atoms with Gasteiger partial charge in [-0.1, -0.05) is 5.92 Å². The Hall–Kier alpha value is -1.53. The van der Waals surface area contributed by atoms with Gasteiger partial charge in [-0.3, -0.25) is 4.68 Å². The van der Waals surface area contributed by atoms with Crippen molar-refractivity contribution in [3.05, 3.63) is 29.2 Å². The molecule has 0 N–H and O–H groups in total. The van der Waals surface area contributed by atoms with Crippen LogP contribution in [0, 0.1) is 12.3 Å². The lowest BCUT2D eigenvalue weighted by Gasteiger charge is -1.90. The second-order valence-electron chi connectivity index (χ2n) is 2.64. The van der Waals surface area contributed by atoms with Gasteiger partial charge in [0.15, 0.2) is 0 Å². The second-order valence-corrected chi connectivity index (χ2v) is 3.42. The zero-order valence-corrected chi connectivity index (χ0v) is 7.79. The molecule has 0 amide bonds. The van der Waals surface area contributed by atoms with Crippen molar-refractivity contribution in [1.82, 2.24) is 9.78 Å². The number of hydrogen-bond donors (Lipinski definition) is 0. The zero-order chi connectivity index (χ0) is 9.10. The van der Waals surface area contributed by atoms with Gasteiger partial charge in [0.05, 0.1) is 6.20 Å². The average Bonchev–Trinajstić information content (AvgIpc) is 2.70. The lowest BCUT2D eigenvalue weighted by molar-refractivity contribution is 0.716. The van der Waals surface area contributed by atoms with Gasteiger partial charge in [-0.15, -0.1) is 6.42 Å². The first-order valence-electron chi connectivity index (χ1n) is 3.88. The van der Waals surface area contributed by atoms with Gasteiger partial charge in [0.2, 0.25) is 0 Å². The van der Waals surface area contributed by atoms with E-state index in [1.165, 1.54) is 5.56 Å². The number of terminal acetylenes is 1. The molecule has 3 heteroatoms. The van der Waals surface area contributed by atoms with Gasteiger partial charge in [-0.05, 0) is 22.4 Å². The van der Waals surface area contributed by atoms with Crippen LogP contribution in [0.15, 0.2) is 29.2 Å². The summed E-state index contributed by atoms with van der Waals surface area (Å²) in [5, 5.41) is 8.28. The molecule has 2 aromatic heterocycles. The number of rotatable bonds is 2. The van der Waals surface area contributed by atoms with Gasteiger partial charge in [0.25, 0.3) is 0 Å². The van der Waals surface area contributed by atoms with Gasteiger partial charge in [0.1, 0.15) is 6.54 Å². The minimum atomic E-state index is 0.532. The molecular weight excluding hydrogens is 180 g/mol. The van der Waals surface area contributed by atoms with E-state index in [0.29, 0.717) is 6.54 Å². The number of aromatic nitrogens is 2. The lowest BCUT2D eigenvalue weighted by Crippen LogP contribution is -1.93. The molecule has 13 heavy (non-hydrogen) atoms. The third kappa shape index (κ3) is 1.63. The SMILES string of the molecule is C#CCn1cc(-c2ccsc2)cn1. The highest BCUT2D eigenvalue weighted by Gasteiger charge is 2.00. The van der Waals surface area contributed by atoms with Gasteiger partial charge < -0.3 is 0 Å². The first-order valence-corrected chi connectivity index (χ1v) is 4.83. The van der Waals surface area contributed by atoms with Crippen LogP contribution in [0.4, 0.5) is 0 Å². The molecule has 2 aromatic rings. The molecule has 0 bridgehead atoms. The minimum absolute atomic E-state index is 0.532. The molecule has 0 unspecified atom stereocenters. The van der Waals surface area contributed by atoms with Crippen LogP contribution in [0.3, 0.4) is 0 Å². The molecule has 64 valence electrons. The second kappa shape index (κ2) is 3.46. The Kier molecular flexibility index (Phi) is 2.15. The van der Waals surface area contributed by atoms with Crippen molar-refractivity contribution in [2.75, 3.05) is 0 Å². The number of nitrogens with zero attached hydrogens (tertiary/aromatic N) is 2. The van der Waals surface area contributed by atoms with E-state index < -0.39 is 0 Å². The van der Waals surface area contributed by atoms with E-state index in [0.717, 1.165) is 5.56 Å². The fourth-order valence-electron chi connectivity index (χ4n) is 1.12. The Bertz CT molecular complexity index is 420. The average molecular weight is 188 g/mol. The summed E-state index contributed by atoms with van der Waals surface area (Å²) >= 11 is 1.68. The molecule has 0 aromatic carbocycles. The Morgan fingerprint density at radius 1 is 1.54 bits per heavy atom. The summed E-state index contributed by atoms with van der Waals surface area (Å²) in [4.78, 5) is 0. The predicted octanol–water partition coefficient (Wildman–Crippen LogP) is 2.24. The summed E-state index contributed by atoms with van der Waals surface area (Å²) in [6.45, 7) is 0.532. The first-order chi connectivity index (χ1) is 6.40. The summed E-state index contributed by atoms with van der Waals surface area (Å²) in [6, 6.07) is 2.07. The van der Waals surface area contributed by atoms with Gasteiger partial charge >= 0.3 is 0 Å². The Labute approximate surface area is 80.8 Å². The van der Waals surface area contributed by atoms with E-state index in [9.17, 15) is 0 Å². The maximum absolute atomic E-state index is 5.18. The van der Waals surface area contributed by atoms with E-state index in [4.69, 9.17) is 6.42 Å². The molecule has 0 aliphatic rings. The highest BCUT2D eigenvalue weighted by Crippen LogP contribution is 2.20. The van der Waals surface area contributed by atoms with E-state index >= 15 is 0 Å². The first kappa shape index (κ1) is 8.09. The molecular formula is C10H8N2S. The Morgan fingerprint density at radius 3 is 3.15 bits per heavy atom. The minimum Gasteiger partial charge on any atom is -0.260 e. The summed E-state index contributed by atoms with van der Waals surface area (Å²) in [5.74, 6) is 2.55. The van der Waals surface area contributed by atoms with Crippen molar-refractivity contribution < 1.29 is 0 Å². The Morgan fingerprint density at radius 2 is 2.46 bits per heavy atom. The van der Waals surface area contributed by atoms with Crippen LogP contribution < -0.4 is 0 Å². The fraction of sp³-hybridized carbons (Fsp3) is 0.100. The molecule has 0 spiro atoms. The van der Waals surface area contributed by atoms with Crippen molar-refractivity contribution in [1.29, 1.82) is 0 Å². The summed E-state index contributed by atoms with van der Waals surface area (Å²) < 4.78 is 1.76. The maximum Gasteiger partial charge on any atom is 0.101 e. The molecule has 0 fully saturated rings. The van der Waals surface area contributed by atoms with Crippen LogP contribution in [-0.2, 0) is 6.54 Å². The molecule has 2 heterocycles. The van der Waals surface area contributed by atoms with E-state index in [1.807, 2.05) is 17.8 Å². The normalized spacial score (nSPS) is 9.77. The molecule has 0 saturated carbocycles. The quantitative estimate of drug-likeness (QED) is 0.661. The smallest absolute Gasteiger partial charge is 0.101 e. The van der Waals surface area contributed by atoms with E-state index in [2.05, 4.69) is 22.5 Å². The standard InChI is InChI=1S/C10H8N2S/c1-2-4-12-7-10(6-11-12)9-3-5-13-8-9/h1,3,5-8H,4H2. The molecule has 0 saturated heterocycles. The van der Waals surface area contributed by atoms with Crippen LogP contribution in [-0.4, -0.2) is 9.78 Å². The van der Waals surface area contributed by atoms with Crippen LogP contribution in [0.25, 0.3) is 11.1 Å². The van der Waals surface area contributed by atoms with Crippen LogP contribution in [0.5, 0.6) is 0 Å². The summed E-state index contributed by atoms with van der Waals surface area (Å²) in [7, 11) is 0. The zero-order valence-electron chi connectivity index (χ0n) is 6.97. The van der Waals surface area contributed by atoms with Crippen molar-refractivity contribution in [2.45, 2.75) is 6.54 Å². The molecule has 0 radical (unpaired) electrons. The maximum atomic E-state index is 5.18. The fourth-order valence-corrected chi connectivity index (χ4v) is 1.79. The van der Waals surface area contributed by atoms with Crippen LogP contribution in [0.2, 0.25) is 0 Å². The third-order valence-electron chi connectivity index (χ3n) is 1.74. The van der Waals surface area contributed by atoms with Crippen LogP contribution >= 0.6 is 11.3 Å². The monoisotopic (exact) mass is 188 g/mol. The van der Waals surface area contributed by atoms with Crippen LogP contribution in [0.1, 0.15) is 0 Å². The topological polar surface area (TPSA) is 17.8 Å². The predicted molar refractivity (Wildman–Crippen MR) is 54.4 cm³/mol. The molecule has 2 rings (SSSR count). The highest BCUT2D eigenvalue weighted by atomic mass is 32.1. The van der Waals surface area contributed by atoms with Gasteiger partial charge in [-0.25, -0.2) is 0 Å². The van der Waals surface area contributed by atoms with Gasteiger partial charge in [0, 0.05) is 11.8 Å². The van der Waals surface area contributed by atoms with Gasteiger partial charge in [-0.2, -0.15) is 16.4 Å². The molecule has 2 nitrogen and oxygen atoms in total. The van der Waals surface area contributed by atoms with Crippen molar-refractivity contribution in [2.24, 2.45) is 0 Å². The Balaban J connectivity index is 2.29. The largest absolute Gasteiger partial charge is 0.260 e. The van der Waals surface area contributed by atoms with Crippen molar-refractivity contribution in [3.63, 3.8) is 0 Å². The summed E-state index contributed by atoms with van der Waals surface area (Å²) in [6.07, 6.45) is 8.97. The number of hydrogen-bond acceptors (Lipinski definition) is 2. The van der Waals surface area contributed by atoms with E-state index in [1.54, 1.807) is 16.0 Å². The third-order valence-corrected chi connectivity index (χ3v) is 2.42. The highest BCUT2D eigenvalue weighted by molar-refractivity contribution is 7.08. The molecule has 0 atom stereocenters. The number of thiophene rings is 1. The van der Waals surface area contributed by atoms with Crippen molar-refractivity contribution in [3.8, 4) is 23.5 Å². The van der Waals surface area contributed by atoms with Crippen molar-refractivity contribution >= 4 is 11.3 Å². The van der Waals surface area contributed by atoms with E-state index in [-0.39, 0.29) is 0 Å².